The van der Waals surface area contributed by atoms with Crippen LogP contribution in [-0.4, -0.2) is 0 Å². The molecule has 0 saturated carbocycles. The van der Waals surface area contributed by atoms with Crippen LogP contribution in [0, 0.1) is 0 Å². The molecule has 0 fully saturated rings. The second-order valence-electron chi connectivity index (χ2n) is 9.47. The monoisotopic (exact) mass is 387 g/mol. The molecule has 0 aromatic heterocycles. The van der Waals surface area contributed by atoms with Crippen LogP contribution in [0.4, 0.5) is 0 Å². The summed E-state index contributed by atoms with van der Waals surface area (Å²) in [4.78, 5) is 0. The van der Waals surface area contributed by atoms with Crippen LogP contribution in [0.25, 0.3) is 0 Å². The summed E-state index contributed by atoms with van der Waals surface area (Å²) >= 11 is 0. The molecule has 1 atom stereocenters. The molecule has 0 heterocycles. The van der Waals surface area contributed by atoms with Crippen LogP contribution < -0.4 is 5.73 Å². The van der Waals surface area contributed by atoms with E-state index in [-0.39, 0.29) is 5.54 Å². The lowest BCUT2D eigenvalue weighted by Gasteiger charge is -2.28. The molecule has 0 spiro atoms. The summed E-state index contributed by atoms with van der Waals surface area (Å²) in [6.45, 7) is 8.90. The van der Waals surface area contributed by atoms with Gasteiger partial charge in [0.25, 0.3) is 0 Å². The van der Waals surface area contributed by atoms with Crippen LogP contribution >= 0.6 is 0 Å². The minimum Gasteiger partial charge on any atom is -0.322 e. The molecule has 1 aromatic rings. The molecular formula is C27H49N. The van der Waals surface area contributed by atoms with E-state index in [1.807, 2.05) is 0 Å². The van der Waals surface area contributed by atoms with Gasteiger partial charge in [0.05, 0.1) is 0 Å². The highest BCUT2D eigenvalue weighted by Crippen LogP contribution is 2.34. The topological polar surface area (TPSA) is 26.0 Å². The number of benzene rings is 1. The van der Waals surface area contributed by atoms with E-state index in [9.17, 15) is 0 Å². The molecule has 0 aliphatic heterocycles. The molecule has 1 unspecified atom stereocenters. The molecule has 1 heteroatoms. The van der Waals surface area contributed by atoms with Crippen molar-refractivity contribution >= 4 is 0 Å². The van der Waals surface area contributed by atoms with E-state index in [1.165, 1.54) is 107 Å². The van der Waals surface area contributed by atoms with Gasteiger partial charge in [0.15, 0.2) is 0 Å². The summed E-state index contributed by atoms with van der Waals surface area (Å²) in [5.41, 5.74) is 9.15. The quantitative estimate of drug-likeness (QED) is 0.265. The van der Waals surface area contributed by atoms with E-state index < -0.39 is 0 Å². The van der Waals surface area contributed by atoms with E-state index in [4.69, 9.17) is 5.73 Å². The Morgan fingerprint density at radius 3 is 1.57 bits per heavy atom. The predicted octanol–water partition coefficient (Wildman–Crippen LogP) is 8.86. The van der Waals surface area contributed by atoms with Gasteiger partial charge in [-0.25, -0.2) is 0 Å². The smallest absolute Gasteiger partial charge is 0.0355 e. The largest absolute Gasteiger partial charge is 0.322 e. The molecule has 162 valence electrons. The Morgan fingerprint density at radius 1 is 0.679 bits per heavy atom. The molecule has 0 saturated heterocycles. The highest BCUT2D eigenvalue weighted by atomic mass is 14.7. The second-order valence-corrected chi connectivity index (χ2v) is 9.47. The molecule has 1 nitrogen and oxygen atoms in total. The molecule has 0 amide bonds. The van der Waals surface area contributed by atoms with Gasteiger partial charge in [0, 0.05) is 5.54 Å². The van der Waals surface area contributed by atoms with Crippen molar-refractivity contribution in [3.63, 3.8) is 0 Å². The Morgan fingerprint density at radius 2 is 1.11 bits per heavy atom. The molecule has 1 rings (SSSR count). The summed E-state index contributed by atoms with van der Waals surface area (Å²) in [5, 5.41) is 0. The van der Waals surface area contributed by atoms with E-state index in [0.29, 0.717) is 5.92 Å². The van der Waals surface area contributed by atoms with Crippen molar-refractivity contribution < 1.29 is 0 Å². The Kier molecular flexibility index (Phi) is 13.6. The fraction of sp³-hybridized carbons (Fsp3) is 0.778. The van der Waals surface area contributed by atoms with Gasteiger partial charge >= 0.3 is 0 Å². The van der Waals surface area contributed by atoms with Crippen molar-refractivity contribution in [2.24, 2.45) is 5.73 Å². The number of hydrogen-bond donors (Lipinski definition) is 1. The van der Waals surface area contributed by atoms with E-state index in [1.54, 1.807) is 0 Å². The zero-order chi connectivity index (χ0) is 20.7. The molecule has 0 bridgehead atoms. The maximum atomic E-state index is 6.53. The van der Waals surface area contributed by atoms with Gasteiger partial charge in [-0.3, -0.25) is 0 Å². The Labute approximate surface area is 176 Å². The van der Waals surface area contributed by atoms with Gasteiger partial charge in [-0.05, 0) is 43.7 Å². The van der Waals surface area contributed by atoms with Crippen LogP contribution in [0.5, 0.6) is 0 Å². The van der Waals surface area contributed by atoms with E-state index in [0.717, 1.165) is 0 Å². The molecule has 0 radical (unpaired) electrons. The number of unbranched alkanes of at least 4 members (excludes halogenated alkanes) is 11. The summed E-state index contributed by atoms with van der Waals surface area (Å²) in [7, 11) is 0. The van der Waals surface area contributed by atoms with Gasteiger partial charge in [0.1, 0.15) is 0 Å². The lowest BCUT2D eigenvalue weighted by atomic mass is 9.80. The minimum absolute atomic E-state index is 0.254. The second kappa shape index (κ2) is 15.1. The van der Waals surface area contributed by atoms with Crippen molar-refractivity contribution in [1.82, 2.24) is 0 Å². The fourth-order valence-corrected chi connectivity index (χ4v) is 4.41. The third kappa shape index (κ3) is 10.6. The Balaban J connectivity index is 2.61. The summed E-state index contributed by atoms with van der Waals surface area (Å²) in [6.07, 6.45) is 20.7. The number of nitrogens with two attached hydrogens (primary N) is 1. The summed E-state index contributed by atoms with van der Waals surface area (Å²) in [6, 6.07) is 8.98. The Hall–Kier alpha value is -0.820. The van der Waals surface area contributed by atoms with Crippen LogP contribution in [0.2, 0.25) is 0 Å². The zero-order valence-corrected chi connectivity index (χ0v) is 19.6. The Bertz CT molecular complexity index is 485. The summed E-state index contributed by atoms with van der Waals surface area (Å²) in [5.74, 6) is 0.681. The van der Waals surface area contributed by atoms with Crippen molar-refractivity contribution in [2.45, 2.75) is 135 Å². The number of rotatable bonds is 17. The zero-order valence-electron chi connectivity index (χ0n) is 19.6. The molecular weight excluding hydrogens is 338 g/mol. The molecule has 28 heavy (non-hydrogen) atoms. The van der Waals surface area contributed by atoms with Gasteiger partial charge < -0.3 is 5.73 Å². The molecule has 2 N–H and O–H groups in total. The third-order valence-corrected chi connectivity index (χ3v) is 6.16. The molecule has 1 aromatic carbocycles. The average molecular weight is 388 g/mol. The van der Waals surface area contributed by atoms with Gasteiger partial charge in [-0.15, -0.1) is 0 Å². The third-order valence-electron chi connectivity index (χ3n) is 6.16. The first kappa shape index (κ1) is 25.2. The van der Waals surface area contributed by atoms with Gasteiger partial charge in [-0.1, -0.05) is 122 Å². The molecule has 0 aliphatic rings. The number of hydrogen-bond acceptors (Lipinski definition) is 1. The highest BCUT2D eigenvalue weighted by Gasteiger charge is 2.22. The normalized spacial score (nSPS) is 13.0. The average Bonchev–Trinajstić information content (AvgIpc) is 2.67. The maximum Gasteiger partial charge on any atom is 0.0355 e. The lowest BCUT2D eigenvalue weighted by molar-refractivity contribution is 0.470. The fourth-order valence-electron chi connectivity index (χ4n) is 4.41. The minimum atomic E-state index is -0.254. The van der Waals surface area contributed by atoms with Crippen LogP contribution in [0.3, 0.4) is 0 Å². The van der Waals surface area contributed by atoms with Crippen molar-refractivity contribution in [3.8, 4) is 0 Å². The standard InChI is InChI=1S/C27H49N/c1-5-7-9-11-13-15-17-21-24(20-16-14-12-10-8-6-2)25-22-18-19-23-26(25)27(3,4)28/h18-19,22-24H,5-17,20-21,28H2,1-4H3. The van der Waals surface area contributed by atoms with Crippen molar-refractivity contribution in [2.75, 3.05) is 0 Å². The SMILES string of the molecule is CCCCCCCCCC(CCCCCCCC)c1ccccc1C(C)(C)N. The van der Waals surface area contributed by atoms with Crippen molar-refractivity contribution in [3.05, 3.63) is 35.4 Å². The predicted molar refractivity (Wildman–Crippen MR) is 127 cm³/mol. The first-order valence-electron chi connectivity index (χ1n) is 12.4. The first-order chi connectivity index (χ1) is 13.5. The summed E-state index contributed by atoms with van der Waals surface area (Å²) < 4.78 is 0. The van der Waals surface area contributed by atoms with Crippen molar-refractivity contribution in [1.29, 1.82) is 0 Å². The van der Waals surface area contributed by atoms with Gasteiger partial charge in [-0.2, -0.15) is 0 Å². The lowest BCUT2D eigenvalue weighted by Crippen LogP contribution is -2.30. The van der Waals surface area contributed by atoms with Crippen LogP contribution in [0.1, 0.15) is 141 Å². The van der Waals surface area contributed by atoms with Gasteiger partial charge in [0.2, 0.25) is 0 Å². The van der Waals surface area contributed by atoms with Crippen LogP contribution in [-0.2, 0) is 5.54 Å². The van der Waals surface area contributed by atoms with E-state index in [2.05, 4.69) is 52.0 Å². The maximum absolute atomic E-state index is 6.53. The molecule has 0 aliphatic carbocycles. The first-order valence-corrected chi connectivity index (χ1v) is 12.4. The van der Waals surface area contributed by atoms with Crippen LogP contribution in [0.15, 0.2) is 24.3 Å². The highest BCUT2D eigenvalue weighted by molar-refractivity contribution is 5.35. The van der Waals surface area contributed by atoms with E-state index >= 15 is 0 Å².